The van der Waals surface area contributed by atoms with E-state index >= 15 is 0 Å². The highest BCUT2D eigenvalue weighted by molar-refractivity contribution is 6.30. The molecule has 0 amide bonds. The molecule has 3 heteroatoms. The molecule has 0 fully saturated rings. The fraction of sp³-hybridized carbons (Fsp3) is 0. The third-order valence-electron chi connectivity index (χ3n) is 2.05. The molecule has 0 atom stereocenters. The van der Waals surface area contributed by atoms with Crippen molar-refractivity contribution in [2.45, 2.75) is 0 Å². The summed E-state index contributed by atoms with van der Waals surface area (Å²) < 4.78 is 0. The predicted octanol–water partition coefficient (Wildman–Crippen LogP) is 3.79. The van der Waals surface area contributed by atoms with E-state index in [0.717, 1.165) is 16.3 Å². The summed E-state index contributed by atoms with van der Waals surface area (Å²) >= 11 is 5.78. The SMILES string of the molecule is Clc1ccc(C=NNc2ccccc2)cc1. The number of hydrazone groups is 1. The monoisotopic (exact) mass is 230 g/mol. The van der Waals surface area contributed by atoms with Crippen molar-refractivity contribution >= 4 is 23.5 Å². The fourth-order valence-corrected chi connectivity index (χ4v) is 1.37. The number of hydrogen-bond acceptors (Lipinski definition) is 2. The molecule has 2 aromatic rings. The van der Waals surface area contributed by atoms with E-state index < -0.39 is 0 Å². The van der Waals surface area contributed by atoms with E-state index in [-0.39, 0.29) is 0 Å². The van der Waals surface area contributed by atoms with Gasteiger partial charge < -0.3 is 0 Å². The Morgan fingerprint density at radius 3 is 2.31 bits per heavy atom. The fourth-order valence-electron chi connectivity index (χ4n) is 1.24. The Kier molecular flexibility index (Phi) is 3.57. The molecule has 1 N–H and O–H groups in total. The first-order valence-electron chi connectivity index (χ1n) is 4.94. The molecule has 0 aliphatic rings. The minimum atomic E-state index is 0.730. The summed E-state index contributed by atoms with van der Waals surface area (Å²) in [5, 5.41) is 4.85. The second-order valence-corrected chi connectivity index (χ2v) is 3.72. The van der Waals surface area contributed by atoms with Gasteiger partial charge in [-0.1, -0.05) is 41.9 Å². The largest absolute Gasteiger partial charge is 0.279 e. The molecule has 0 aromatic heterocycles. The van der Waals surface area contributed by atoms with Gasteiger partial charge in [0.1, 0.15) is 0 Å². The van der Waals surface area contributed by atoms with Gasteiger partial charge in [-0.25, -0.2) is 0 Å². The zero-order chi connectivity index (χ0) is 11.2. The molecule has 80 valence electrons. The van der Waals surface area contributed by atoms with E-state index in [4.69, 9.17) is 11.6 Å². The van der Waals surface area contributed by atoms with Crippen molar-refractivity contribution in [1.29, 1.82) is 0 Å². The Bertz CT molecular complexity index is 463. The summed E-state index contributed by atoms with van der Waals surface area (Å²) in [5.41, 5.74) is 4.92. The third-order valence-corrected chi connectivity index (χ3v) is 2.30. The second-order valence-electron chi connectivity index (χ2n) is 3.29. The normalized spacial score (nSPS) is 10.6. The first-order valence-corrected chi connectivity index (χ1v) is 5.32. The Morgan fingerprint density at radius 1 is 0.938 bits per heavy atom. The van der Waals surface area contributed by atoms with E-state index in [2.05, 4.69) is 10.5 Å². The Balaban J connectivity index is 1.98. The van der Waals surface area contributed by atoms with Gasteiger partial charge in [0.25, 0.3) is 0 Å². The van der Waals surface area contributed by atoms with E-state index in [1.54, 1.807) is 6.21 Å². The van der Waals surface area contributed by atoms with Crippen molar-refractivity contribution in [1.82, 2.24) is 0 Å². The number of hydrogen-bond donors (Lipinski definition) is 1. The van der Waals surface area contributed by atoms with Gasteiger partial charge in [0.05, 0.1) is 11.9 Å². The average Bonchev–Trinajstić information content (AvgIpc) is 2.33. The van der Waals surface area contributed by atoms with Gasteiger partial charge >= 0.3 is 0 Å². The highest BCUT2D eigenvalue weighted by Crippen LogP contribution is 2.08. The number of anilines is 1. The van der Waals surface area contributed by atoms with Crippen molar-refractivity contribution in [3.8, 4) is 0 Å². The Labute approximate surface area is 99.6 Å². The molecule has 0 saturated carbocycles. The third kappa shape index (κ3) is 3.11. The number of benzene rings is 2. The lowest BCUT2D eigenvalue weighted by Crippen LogP contribution is -1.89. The zero-order valence-corrected chi connectivity index (χ0v) is 9.35. The predicted molar refractivity (Wildman–Crippen MR) is 69.1 cm³/mol. The van der Waals surface area contributed by atoms with Gasteiger partial charge in [0.15, 0.2) is 0 Å². The molecule has 0 saturated heterocycles. The molecular formula is C13H11ClN2. The number of halogens is 1. The van der Waals surface area contributed by atoms with Crippen molar-refractivity contribution in [3.63, 3.8) is 0 Å². The summed E-state index contributed by atoms with van der Waals surface area (Å²) in [5.74, 6) is 0. The van der Waals surface area contributed by atoms with Gasteiger partial charge in [-0.15, -0.1) is 0 Å². The lowest BCUT2D eigenvalue weighted by atomic mass is 10.2. The molecule has 2 nitrogen and oxygen atoms in total. The summed E-state index contributed by atoms with van der Waals surface area (Å²) in [6.07, 6.45) is 1.75. The zero-order valence-electron chi connectivity index (χ0n) is 8.60. The minimum absolute atomic E-state index is 0.730. The van der Waals surface area contributed by atoms with Crippen LogP contribution in [-0.4, -0.2) is 6.21 Å². The molecule has 0 unspecified atom stereocenters. The maximum atomic E-state index is 5.78. The summed E-state index contributed by atoms with van der Waals surface area (Å²) in [4.78, 5) is 0. The smallest absolute Gasteiger partial charge is 0.0561 e. The van der Waals surface area contributed by atoms with Crippen molar-refractivity contribution in [3.05, 3.63) is 65.2 Å². The Morgan fingerprint density at radius 2 is 1.62 bits per heavy atom. The van der Waals surface area contributed by atoms with Crippen LogP contribution in [0.1, 0.15) is 5.56 Å². The van der Waals surface area contributed by atoms with Crippen molar-refractivity contribution < 1.29 is 0 Å². The molecule has 0 aliphatic heterocycles. The highest BCUT2D eigenvalue weighted by Gasteiger charge is 1.88. The number of nitrogens with zero attached hydrogens (tertiary/aromatic N) is 1. The first kappa shape index (κ1) is 10.7. The standard InChI is InChI=1S/C13H11ClN2/c14-12-8-6-11(7-9-12)10-15-16-13-4-2-1-3-5-13/h1-10,16H. The quantitative estimate of drug-likeness (QED) is 0.630. The van der Waals surface area contributed by atoms with Crippen molar-refractivity contribution in [2.75, 3.05) is 5.43 Å². The van der Waals surface area contributed by atoms with Crippen molar-refractivity contribution in [2.24, 2.45) is 5.10 Å². The summed E-state index contributed by atoms with van der Waals surface area (Å²) in [6, 6.07) is 17.3. The van der Waals surface area contributed by atoms with Gasteiger partial charge in [-0.05, 0) is 29.8 Å². The van der Waals surface area contributed by atoms with E-state index in [0.29, 0.717) is 0 Å². The van der Waals surface area contributed by atoms with Crippen LogP contribution in [0.3, 0.4) is 0 Å². The number of rotatable bonds is 3. The number of nitrogens with one attached hydrogen (secondary N) is 1. The van der Waals surface area contributed by atoms with Crippen LogP contribution < -0.4 is 5.43 Å². The number of para-hydroxylation sites is 1. The van der Waals surface area contributed by atoms with Crippen LogP contribution in [0.15, 0.2) is 59.7 Å². The lowest BCUT2D eigenvalue weighted by molar-refractivity contribution is 1.35. The van der Waals surface area contributed by atoms with Gasteiger partial charge in [0, 0.05) is 5.02 Å². The molecule has 0 spiro atoms. The molecule has 0 radical (unpaired) electrons. The highest BCUT2D eigenvalue weighted by atomic mass is 35.5. The van der Waals surface area contributed by atoms with Gasteiger partial charge in [-0.3, -0.25) is 5.43 Å². The maximum Gasteiger partial charge on any atom is 0.0561 e. The molecule has 0 aliphatic carbocycles. The first-order chi connectivity index (χ1) is 7.84. The molecule has 0 heterocycles. The van der Waals surface area contributed by atoms with Crippen LogP contribution >= 0.6 is 11.6 Å². The minimum Gasteiger partial charge on any atom is -0.279 e. The average molecular weight is 231 g/mol. The molecular weight excluding hydrogens is 220 g/mol. The summed E-state index contributed by atoms with van der Waals surface area (Å²) in [7, 11) is 0. The van der Waals surface area contributed by atoms with Gasteiger partial charge in [-0.2, -0.15) is 5.10 Å². The van der Waals surface area contributed by atoms with Gasteiger partial charge in [0.2, 0.25) is 0 Å². The summed E-state index contributed by atoms with van der Waals surface area (Å²) in [6.45, 7) is 0. The molecule has 16 heavy (non-hydrogen) atoms. The van der Waals surface area contributed by atoms with Crippen LogP contribution in [0.2, 0.25) is 5.02 Å². The van der Waals surface area contributed by atoms with Crippen LogP contribution in [0.4, 0.5) is 5.69 Å². The second kappa shape index (κ2) is 5.33. The van der Waals surface area contributed by atoms with E-state index in [1.165, 1.54) is 0 Å². The topological polar surface area (TPSA) is 24.4 Å². The Hall–Kier alpha value is -1.80. The van der Waals surface area contributed by atoms with E-state index in [1.807, 2.05) is 54.6 Å². The molecule has 2 aromatic carbocycles. The van der Waals surface area contributed by atoms with Crippen LogP contribution in [0.5, 0.6) is 0 Å². The van der Waals surface area contributed by atoms with Crippen LogP contribution in [-0.2, 0) is 0 Å². The lowest BCUT2D eigenvalue weighted by Gasteiger charge is -1.98. The maximum absolute atomic E-state index is 5.78. The van der Waals surface area contributed by atoms with E-state index in [9.17, 15) is 0 Å². The molecule has 0 bridgehead atoms. The molecule has 2 rings (SSSR count). The van der Waals surface area contributed by atoms with Crippen LogP contribution in [0, 0.1) is 0 Å². The van der Waals surface area contributed by atoms with Crippen LogP contribution in [0.25, 0.3) is 0 Å².